The first-order chi connectivity index (χ1) is 14.5. The minimum absolute atomic E-state index is 0.0406. The molecule has 0 amide bonds. The monoisotopic (exact) mass is 474 g/mol. The van der Waals surface area contributed by atoms with E-state index in [4.69, 9.17) is 0 Å². The van der Waals surface area contributed by atoms with Gasteiger partial charge in [-0.2, -0.15) is 0 Å². The Hall–Kier alpha value is -0.210. The van der Waals surface area contributed by atoms with Crippen LogP contribution in [0.3, 0.4) is 0 Å². The molecule has 0 aliphatic carbocycles. The Bertz CT molecular complexity index is 607. The smallest absolute Gasteiger partial charge is 0.309 e. The molecule has 0 aromatic rings. The number of hydrogen-bond acceptors (Lipinski definition) is 4. The summed E-state index contributed by atoms with van der Waals surface area (Å²) in [5.74, 6) is -0.777. The first kappa shape index (κ1) is 27.0. The average molecular weight is 475 g/mol. The summed E-state index contributed by atoms with van der Waals surface area (Å²) in [4.78, 5) is 11.2. The number of rotatable bonds is 12. The van der Waals surface area contributed by atoms with Crippen LogP contribution in [0.5, 0.6) is 0 Å². The Morgan fingerprint density at radius 3 is 1.77 bits per heavy atom. The topological polar surface area (TPSA) is 104 Å². The third-order valence-electron chi connectivity index (χ3n) is 7.06. The number of aliphatic hydroxyl groups is 1. The van der Waals surface area contributed by atoms with Crippen LogP contribution in [0, 0.1) is 10.8 Å². The van der Waals surface area contributed by atoms with E-state index in [0.717, 1.165) is 57.8 Å². The molecule has 31 heavy (non-hydrogen) atoms. The summed E-state index contributed by atoms with van der Waals surface area (Å²) in [6.07, 6.45) is 12.9. The van der Waals surface area contributed by atoms with Gasteiger partial charge in [0.1, 0.15) is 21.0 Å². The van der Waals surface area contributed by atoms with Crippen molar-refractivity contribution in [3.8, 4) is 0 Å². The van der Waals surface area contributed by atoms with Gasteiger partial charge in [-0.25, -0.2) is 0 Å². The van der Waals surface area contributed by atoms with E-state index < -0.39 is 33.7 Å². The molecular formula is C24H42O5S2. The molecule has 5 nitrogen and oxygen atoms in total. The van der Waals surface area contributed by atoms with Gasteiger partial charge in [-0.05, 0) is 105 Å². The molecule has 2 heterocycles. The lowest BCUT2D eigenvalue weighted by Crippen LogP contribution is -2.26. The van der Waals surface area contributed by atoms with E-state index in [2.05, 4.69) is 26.0 Å². The van der Waals surface area contributed by atoms with Crippen molar-refractivity contribution in [1.29, 1.82) is 0 Å². The second kappa shape index (κ2) is 11.8. The molecule has 0 spiro atoms. The fraction of sp³-hybridized carbons (Fsp3) is 0.875. The van der Waals surface area contributed by atoms with Gasteiger partial charge in [0.25, 0.3) is 0 Å². The quantitative estimate of drug-likeness (QED) is 0.318. The number of carboxylic acids is 1. The van der Waals surface area contributed by atoms with Crippen molar-refractivity contribution in [3.05, 3.63) is 12.2 Å². The molecule has 0 bridgehead atoms. The summed E-state index contributed by atoms with van der Waals surface area (Å²) < 4.78 is 25.7. The standard InChI is InChI=1S/C24H42O5S2/c1-23(2,17-25)15-5-7-18-9-11-20(30(18)28)13-14-21-12-10-19(31(21)29)8-6-16-24(3,4)22(26)27/h13-14,18-21,25H,5-12,15-17H2,1-4H3,(H,26,27). The van der Waals surface area contributed by atoms with Crippen LogP contribution >= 0.6 is 0 Å². The molecular weight excluding hydrogens is 432 g/mol. The Labute approximate surface area is 194 Å². The highest BCUT2D eigenvalue weighted by Gasteiger charge is 2.40. The highest BCUT2D eigenvalue weighted by molar-refractivity contribution is 7.93. The van der Waals surface area contributed by atoms with E-state index in [0.29, 0.717) is 6.42 Å². The van der Waals surface area contributed by atoms with Crippen LogP contribution in [0.2, 0.25) is 0 Å². The summed E-state index contributed by atoms with van der Waals surface area (Å²) in [5, 5.41) is 19.1. The van der Waals surface area contributed by atoms with Gasteiger partial charge in [0.2, 0.25) is 0 Å². The first-order valence-corrected chi connectivity index (χ1v) is 14.3. The molecule has 180 valence electrons. The zero-order valence-electron chi connectivity index (χ0n) is 19.7. The first-order valence-electron chi connectivity index (χ1n) is 11.8. The van der Waals surface area contributed by atoms with E-state index in [9.17, 15) is 24.1 Å². The second-order valence-corrected chi connectivity index (χ2v) is 14.7. The lowest BCUT2D eigenvalue weighted by atomic mass is 9.87. The van der Waals surface area contributed by atoms with Gasteiger partial charge in [-0.15, -0.1) is 0 Å². The lowest BCUT2D eigenvalue weighted by Gasteiger charge is -2.23. The second-order valence-electron chi connectivity index (χ2n) is 10.8. The molecule has 2 aliphatic heterocycles. The number of carbonyl (C=O) groups is 1. The van der Waals surface area contributed by atoms with Gasteiger partial charge in [0.05, 0.1) is 5.41 Å². The zero-order valence-corrected chi connectivity index (χ0v) is 21.3. The average Bonchev–Trinajstić information content (AvgIpc) is 3.23. The van der Waals surface area contributed by atoms with Crippen molar-refractivity contribution in [3.63, 3.8) is 0 Å². The van der Waals surface area contributed by atoms with Crippen molar-refractivity contribution in [1.82, 2.24) is 0 Å². The molecule has 7 heteroatoms. The van der Waals surface area contributed by atoms with Crippen LogP contribution in [0.25, 0.3) is 0 Å². The number of carboxylic acid groups (broad SMARTS) is 1. The molecule has 0 radical (unpaired) electrons. The highest BCUT2D eigenvalue weighted by Crippen LogP contribution is 2.36. The van der Waals surface area contributed by atoms with Gasteiger partial charge in [-0.1, -0.05) is 13.8 Å². The normalized spacial score (nSPS) is 32.2. The predicted octanol–water partition coefficient (Wildman–Crippen LogP) is 4.57. The maximum absolute atomic E-state index is 12.9. The highest BCUT2D eigenvalue weighted by atomic mass is 32.2. The van der Waals surface area contributed by atoms with E-state index in [1.54, 1.807) is 13.8 Å². The predicted molar refractivity (Wildman–Crippen MR) is 129 cm³/mol. The summed E-state index contributed by atoms with van der Waals surface area (Å²) in [6, 6.07) is 0. The maximum Gasteiger partial charge on any atom is 0.309 e. The van der Waals surface area contributed by atoms with Gasteiger partial charge in [-0.3, -0.25) is 4.79 Å². The van der Waals surface area contributed by atoms with Gasteiger partial charge >= 0.3 is 5.97 Å². The maximum atomic E-state index is 12.9. The van der Waals surface area contributed by atoms with E-state index >= 15 is 0 Å². The van der Waals surface area contributed by atoms with E-state index in [1.165, 1.54) is 0 Å². The Kier molecular flexibility index (Phi) is 10.3. The molecule has 2 fully saturated rings. The third kappa shape index (κ3) is 7.95. The Morgan fingerprint density at radius 2 is 1.35 bits per heavy atom. The number of aliphatic hydroxyl groups excluding tert-OH is 1. The fourth-order valence-corrected chi connectivity index (χ4v) is 8.29. The molecule has 2 N–H and O–H groups in total. The lowest BCUT2D eigenvalue weighted by molar-refractivity contribution is -0.147. The Morgan fingerprint density at radius 1 is 0.903 bits per heavy atom. The van der Waals surface area contributed by atoms with Crippen molar-refractivity contribution < 1.29 is 24.1 Å². The molecule has 2 saturated heterocycles. The summed E-state index contributed by atoms with van der Waals surface area (Å²) >= 11 is -1.80. The van der Waals surface area contributed by atoms with Crippen molar-refractivity contribution in [2.45, 2.75) is 113 Å². The summed E-state index contributed by atoms with van der Waals surface area (Å²) in [5.41, 5.74) is -0.790. The third-order valence-corrected chi connectivity index (χ3v) is 11.3. The Balaban J connectivity index is 1.75. The van der Waals surface area contributed by atoms with Crippen LogP contribution in [-0.4, -0.2) is 52.9 Å². The van der Waals surface area contributed by atoms with Crippen molar-refractivity contribution in [2.75, 3.05) is 6.61 Å². The zero-order chi connectivity index (χ0) is 23.2. The molecule has 6 unspecified atom stereocenters. The molecule has 0 aromatic carbocycles. The summed E-state index contributed by atoms with van der Waals surface area (Å²) in [6.45, 7) is 7.80. The van der Waals surface area contributed by atoms with Gasteiger partial charge in [0.15, 0.2) is 0 Å². The van der Waals surface area contributed by atoms with E-state index in [-0.39, 0.29) is 33.0 Å². The van der Waals surface area contributed by atoms with Crippen LogP contribution in [0.4, 0.5) is 0 Å². The van der Waals surface area contributed by atoms with E-state index in [1.807, 2.05) is 0 Å². The molecule has 2 aliphatic rings. The SMILES string of the molecule is CC(C)(CO)CCCC1CCC(C=CC2CCC(CCCC(C)(C)C(=O)O)[S+]2[O-])[S+]1[O-]. The molecule has 2 rings (SSSR count). The minimum Gasteiger partial charge on any atom is -0.616 e. The van der Waals surface area contributed by atoms with Gasteiger partial charge in [0, 0.05) is 19.4 Å². The largest absolute Gasteiger partial charge is 0.616 e. The van der Waals surface area contributed by atoms with Crippen molar-refractivity contribution >= 4 is 28.3 Å². The fourth-order valence-electron chi connectivity index (χ4n) is 4.54. The van der Waals surface area contributed by atoms with Crippen LogP contribution < -0.4 is 0 Å². The van der Waals surface area contributed by atoms with Gasteiger partial charge < -0.3 is 19.3 Å². The van der Waals surface area contributed by atoms with Crippen LogP contribution in [-0.2, 0) is 27.1 Å². The molecule has 0 saturated carbocycles. The van der Waals surface area contributed by atoms with Crippen molar-refractivity contribution in [2.24, 2.45) is 10.8 Å². The van der Waals surface area contributed by atoms with Crippen LogP contribution in [0.15, 0.2) is 12.2 Å². The summed E-state index contributed by atoms with van der Waals surface area (Å²) in [7, 11) is 0. The number of hydrogen-bond donors (Lipinski definition) is 2. The minimum atomic E-state index is -0.930. The van der Waals surface area contributed by atoms with Crippen LogP contribution in [0.1, 0.15) is 91.9 Å². The number of aliphatic carboxylic acids is 1. The molecule has 6 atom stereocenters. The molecule has 0 aromatic heterocycles.